The van der Waals surface area contributed by atoms with Gasteiger partial charge < -0.3 is 14.8 Å². The fraction of sp³-hybridized carbons (Fsp3) is 0.750. The van der Waals surface area contributed by atoms with Crippen molar-refractivity contribution in [1.82, 2.24) is 19.8 Å². The number of fused-ring (bicyclic) bond motifs is 3. The quantitative estimate of drug-likeness (QED) is 0.853. The molecule has 2 fully saturated rings. The summed E-state index contributed by atoms with van der Waals surface area (Å²) in [6.07, 6.45) is 5.59. The SMILES string of the molecule is CC(=O)N1[C@@H]2CC[C@H]1CC(n1c(C)nc3c1CNCC3)C2. The van der Waals surface area contributed by atoms with E-state index < -0.39 is 0 Å². The Labute approximate surface area is 125 Å². The summed E-state index contributed by atoms with van der Waals surface area (Å²) in [6, 6.07) is 1.41. The first-order valence-electron chi connectivity index (χ1n) is 8.21. The average molecular weight is 288 g/mol. The lowest BCUT2D eigenvalue weighted by Crippen LogP contribution is -2.46. The summed E-state index contributed by atoms with van der Waals surface area (Å²) in [4.78, 5) is 18.8. The molecule has 4 heterocycles. The molecule has 5 heteroatoms. The predicted molar refractivity (Wildman–Crippen MR) is 80.0 cm³/mol. The highest BCUT2D eigenvalue weighted by molar-refractivity contribution is 5.74. The number of nitrogens with zero attached hydrogens (tertiary/aromatic N) is 3. The van der Waals surface area contributed by atoms with Gasteiger partial charge in [0, 0.05) is 44.6 Å². The fourth-order valence-corrected chi connectivity index (χ4v) is 4.81. The first-order chi connectivity index (χ1) is 10.1. The van der Waals surface area contributed by atoms with Crippen LogP contribution in [0.3, 0.4) is 0 Å². The number of piperidine rings is 1. The minimum atomic E-state index is 0.256. The zero-order chi connectivity index (χ0) is 14.6. The topological polar surface area (TPSA) is 50.2 Å². The molecule has 3 aliphatic rings. The molecule has 0 spiro atoms. The number of aromatic nitrogens is 2. The van der Waals surface area contributed by atoms with Gasteiger partial charge in [0.2, 0.25) is 5.91 Å². The lowest BCUT2D eigenvalue weighted by Gasteiger charge is -2.40. The van der Waals surface area contributed by atoms with Crippen LogP contribution < -0.4 is 5.32 Å². The van der Waals surface area contributed by atoms with E-state index >= 15 is 0 Å². The van der Waals surface area contributed by atoms with Gasteiger partial charge in [0.05, 0.1) is 11.4 Å². The number of amides is 1. The van der Waals surface area contributed by atoms with Crippen molar-refractivity contribution in [3.63, 3.8) is 0 Å². The van der Waals surface area contributed by atoms with Crippen molar-refractivity contribution in [2.75, 3.05) is 6.54 Å². The number of hydrogen-bond acceptors (Lipinski definition) is 3. The largest absolute Gasteiger partial charge is 0.337 e. The highest BCUT2D eigenvalue weighted by Crippen LogP contribution is 2.42. The Balaban J connectivity index is 1.65. The Morgan fingerprint density at radius 2 is 1.95 bits per heavy atom. The molecule has 0 saturated carbocycles. The van der Waals surface area contributed by atoms with Crippen LogP contribution in [0.1, 0.15) is 55.9 Å². The van der Waals surface area contributed by atoms with Gasteiger partial charge >= 0.3 is 0 Å². The number of imidazole rings is 1. The van der Waals surface area contributed by atoms with Crippen molar-refractivity contribution >= 4 is 5.91 Å². The average Bonchev–Trinajstić information content (AvgIpc) is 2.92. The van der Waals surface area contributed by atoms with E-state index in [1.165, 1.54) is 24.2 Å². The van der Waals surface area contributed by atoms with Crippen LogP contribution in [0.15, 0.2) is 0 Å². The molecule has 4 rings (SSSR count). The van der Waals surface area contributed by atoms with Gasteiger partial charge in [-0.1, -0.05) is 0 Å². The zero-order valence-corrected chi connectivity index (χ0v) is 12.9. The molecule has 2 saturated heterocycles. The number of aryl methyl sites for hydroxylation is 1. The zero-order valence-electron chi connectivity index (χ0n) is 12.9. The van der Waals surface area contributed by atoms with Gasteiger partial charge in [-0.2, -0.15) is 0 Å². The maximum atomic E-state index is 11.8. The molecule has 1 amide bonds. The summed E-state index contributed by atoms with van der Waals surface area (Å²) in [7, 11) is 0. The molecule has 0 radical (unpaired) electrons. The van der Waals surface area contributed by atoms with Gasteiger partial charge in [-0.05, 0) is 32.6 Å². The van der Waals surface area contributed by atoms with Gasteiger partial charge in [0.15, 0.2) is 0 Å². The third-order valence-electron chi connectivity index (χ3n) is 5.54. The van der Waals surface area contributed by atoms with Gasteiger partial charge in [0.25, 0.3) is 0 Å². The van der Waals surface area contributed by atoms with Crippen LogP contribution in [0.25, 0.3) is 0 Å². The Kier molecular flexibility index (Phi) is 3.06. The van der Waals surface area contributed by atoms with Crippen molar-refractivity contribution in [2.45, 2.75) is 70.6 Å². The predicted octanol–water partition coefficient (Wildman–Crippen LogP) is 1.55. The van der Waals surface area contributed by atoms with E-state index in [1.807, 2.05) is 0 Å². The van der Waals surface area contributed by atoms with Crippen molar-refractivity contribution in [1.29, 1.82) is 0 Å². The Hall–Kier alpha value is -1.36. The molecule has 114 valence electrons. The number of rotatable bonds is 1. The molecular weight excluding hydrogens is 264 g/mol. The number of carbonyl (C=O) groups is 1. The van der Waals surface area contributed by atoms with Crippen molar-refractivity contribution in [3.05, 3.63) is 17.2 Å². The van der Waals surface area contributed by atoms with Crippen LogP contribution in [0.4, 0.5) is 0 Å². The van der Waals surface area contributed by atoms with Gasteiger partial charge in [0.1, 0.15) is 5.82 Å². The van der Waals surface area contributed by atoms with Crippen molar-refractivity contribution in [3.8, 4) is 0 Å². The minimum Gasteiger partial charge on any atom is -0.337 e. The molecule has 1 aromatic heterocycles. The monoisotopic (exact) mass is 288 g/mol. The van der Waals surface area contributed by atoms with Crippen LogP contribution in [0, 0.1) is 6.92 Å². The van der Waals surface area contributed by atoms with E-state index in [0.29, 0.717) is 18.1 Å². The lowest BCUT2D eigenvalue weighted by atomic mass is 9.96. The van der Waals surface area contributed by atoms with E-state index in [0.717, 1.165) is 38.2 Å². The third kappa shape index (κ3) is 2.01. The molecule has 1 aromatic rings. The van der Waals surface area contributed by atoms with Gasteiger partial charge in [-0.25, -0.2) is 4.98 Å². The third-order valence-corrected chi connectivity index (χ3v) is 5.54. The van der Waals surface area contributed by atoms with Crippen LogP contribution in [-0.4, -0.2) is 39.0 Å². The Morgan fingerprint density at radius 1 is 1.24 bits per heavy atom. The van der Waals surface area contributed by atoms with E-state index in [4.69, 9.17) is 4.98 Å². The second kappa shape index (κ2) is 4.83. The lowest BCUT2D eigenvalue weighted by molar-refractivity contribution is -0.133. The second-order valence-electron chi connectivity index (χ2n) is 6.79. The molecular formula is C16H24N4O. The minimum absolute atomic E-state index is 0.256. The van der Waals surface area contributed by atoms with E-state index in [9.17, 15) is 4.79 Å². The van der Waals surface area contributed by atoms with Crippen LogP contribution >= 0.6 is 0 Å². The van der Waals surface area contributed by atoms with Crippen LogP contribution in [0.2, 0.25) is 0 Å². The first kappa shape index (κ1) is 13.3. The van der Waals surface area contributed by atoms with E-state index in [1.54, 1.807) is 6.92 Å². The normalized spacial score (nSPS) is 31.3. The van der Waals surface area contributed by atoms with Crippen molar-refractivity contribution in [2.24, 2.45) is 0 Å². The van der Waals surface area contributed by atoms with Crippen LogP contribution in [0.5, 0.6) is 0 Å². The van der Waals surface area contributed by atoms with Gasteiger partial charge in [-0.15, -0.1) is 0 Å². The van der Waals surface area contributed by atoms with Crippen molar-refractivity contribution < 1.29 is 4.79 Å². The summed E-state index contributed by atoms with van der Waals surface area (Å²) < 4.78 is 2.48. The molecule has 1 N–H and O–H groups in total. The first-order valence-corrected chi connectivity index (χ1v) is 8.21. The standard InChI is InChI=1S/C16H24N4O/c1-10-18-15-5-6-17-9-16(15)19(10)14-7-12-3-4-13(8-14)20(12)11(2)21/h12-14,17H,3-9H2,1-2H3/t12-,13+,14?. The Morgan fingerprint density at radius 3 is 2.62 bits per heavy atom. The fourth-order valence-electron chi connectivity index (χ4n) is 4.81. The maximum Gasteiger partial charge on any atom is 0.219 e. The summed E-state index contributed by atoms with van der Waals surface area (Å²) in [6.45, 7) is 5.84. The molecule has 21 heavy (non-hydrogen) atoms. The summed E-state index contributed by atoms with van der Waals surface area (Å²) in [5, 5.41) is 3.47. The molecule has 0 aliphatic carbocycles. The molecule has 3 aliphatic heterocycles. The molecule has 5 nitrogen and oxygen atoms in total. The number of nitrogens with one attached hydrogen (secondary N) is 1. The second-order valence-corrected chi connectivity index (χ2v) is 6.79. The smallest absolute Gasteiger partial charge is 0.219 e. The number of carbonyl (C=O) groups excluding carboxylic acids is 1. The van der Waals surface area contributed by atoms with E-state index in [-0.39, 0.29) is 5.91 Å². The highest BCUT2D eigenvalue weighted by atomic mass is 16.2. The van der Waals surface area contributed by atoms with Gasteiger partial charge in [-0.3, -0.25) is 4.79 Å². The molecule has 3 atom stereocenters. The highest BCUT2D eigenvalue weighted by Gasteiger charge is 2.43. The summed E-state index contributed by atoms with van der Waals surface area (Å²) in [5.74, 6) is 1.41. The van der Waals surface area contributed by atoms with Crippen LogP contribution in [-0.2, 0) is 17.8 Å². The number of hydrogen-bond donors (Lipinski definition) is 1. The molecule has 0 aromatic carbocycles. The summed E-state index contributed by atoms with van der Waals surface area (Å²) in [5.41, 5.74) is 2.67. The maximum absolute atomic E-state index is 11.8. The molecule has 1 unspecified atom stereocenters. The molecule has 2 bridgehead atoms. The summed E-state index contributed by atoms with van der Waals surface area (Å²) >= 11 is 0. The van der Waals surface area contributed by atoms with E-state index in [2.05, 4.69) is 21.7 Å². The Bertz CT molecular complexity index is 565.